The Hall–Kier alpha value is -1.51. The SMILES string of the molecule is NC(=O)S(=O)(=O)c1cc([CH]CC(O)CO)ccn1. The molecule has 0 bridgehead atoms. The number of aromatic nitrogens is 1. The van der Waals surface area contributed by atoms with Gasteiger partial charge < -0.3 is 15.9 Å². The van der Waals surface area contributed by atoms with Crippen LogP contribution in [0.4, 0.5) is 4.79 Å². The van der Waals surface area contributed by atoms with E-state index in [2.05, 4.69) is 4.98 Å². The molecule has 1 aromatic heterocycles. The second kappa shape index (κ2) is 5.89. The van der Waals surface area contributed by atoms with Gasteiger partial charge in [-0.05, 0) is 30.5 Å². The van der Waals surface area contributed by atoms with Gasteiger partial charge in [0.15, 0.2) is 5.03 Å². The number of hydrogen-bond donors (Lipinski definition) is 3. The summed E-state index contributed by atoms with van der Waals surface area (Å²) in [5.74, 6) is 0. The summed E-state index contributed by atoms with van der Waals surface area (Å²) in [4.78, 5) is 14.3. The summed E-state index contributed by atoms with van der Waals surface area (Å²) in [6.45, 7) is -0.395. The van der Waals surface area contributed by atoms with E-state index < -0.39 is 32.8 Å². The molecule has 1 heterocycles. The predicted octanol–water partition coefficient (Wildman–Crippen LogP) is -0.770. The Labute approximate surface area is 104 Å². The van der Waals surface area contributed by atoms with Crippen molar-refractivity contribution in [2.75, 3.05) is 6.61 Å². The quantitative estimate of drug-likeness (QED) is 0.645. The number of carbonyl (C=O) groups excluding carboxylic acids is 1. The Balaban J connectivity index is 2.90. The molecular weight excluding hydrogens is 260 g/mol. The molecule has 0 aliphatic heterocycles. The second-order valence-electron chi connectivity index (χ2n) is 3.53. The first-order chi connectivity index (χ1) is 8.37. The van der Waals surface area contributed by atoms with Crippen molar-refractivity contribution in [2.45, 2.75) is 17.6 Å². The lowest BCUT2D eigenvalue weighted by Crippen LogP contribution is -2.22. The van der Waals surface area contributed by atoms with E-state index >= 15 is 0 Å². The highest BCUT2D eigenvalue weighted by atomic mass is 32.2. The fourth-order valence-electron chi connectivity index (χ4n) is 1.15. The highest BCUT2D eigenvalue weighted by Crippen LogP contribution is 2.13. The molecule has 1 radical (unpaired) electrons. The summed E-state index contributed by atoms with van der Waals surface area (Å²) in [7, 11) is -4.25. The number of aliphatic hydroxyl groups is 2. The molecule has 1 atom stereocenters. The van der Waals surface area contributed by atoms with Gasteiger partial charge in [-0.2, -0.15) is 0 Å². The summed E-state index contributed by atoms with van der Waals surface area (Å²) in [5, 5.41) is 15.9. The van der Waals surface area contributed by atoms with Gasteiger partial charge in [-0.3, -0.25) is 4.79 Å². The molecule has 1 unspecified atom stereocenters. The van der Waals surface area contributed by atoms with Crippen LogP contribution in [0.15, 0.2) is 23.4 Å². The molecule has 0 spiro atoms. The third kappa shape index (κ3) is 3.49. The first kappa shape index (κ1) is 14.6. The normalized spacial score (nSPS) is 13.2. The molecule has 4 N–H and O–H groups in total. The van der Waals surface area contributed by atoms with Gasteiger partial charge in [0.05, 0.1) is 12.7 Å². The molecule has 1 amide bonds. The number of sulfone groups is 1. The third-order valence-corrected chi connectivity index (χ3v) is 3.44. The van der Waals surface area contributed by atoms with Crippen molar-refractivity contribution in [1.82, 2.24) is 4.98 Å². The smallest absolute Gasteiger partial charge is 0.340 e. The van der Waals surface area contributed by atoms with Gasteiger partial charge in [0.2, 0.25) is 0 Å². The van der Waals surface area contributed by atoms with Gasteiger partial charge in [-0.1, -0.05) is 0 Å². The van der Waals surface area contributed by atoms with E-state index in [1.165, 1.54) is 24.8 Å². The molecule has 7 nitrogen and oxygen atoms in total. The molecule has 1 aromatic rings. The minimum absolute atomic E-state index is 0.149. The molecule has 8 heteroatoms. The van der Waals surface area contributed by atoms with Crippen LogP contribution in [0.1, 0.15) is 12.0 Å². The van der Waals surface area contributed by atoms with Crippen LogP contribution in [0.2, 0.25) is 0 Å². The largest absolute Gasteiger partial charge is 0.394 e. The monoisotopic (exact) mass is 273 g/mol. The molecule has 1 rings (SSSR count). The van der Waals surface area contributed by atoms with Gasteiger partial charge in [0, 0.05) is 6.20 Å². The lowest BCUT2D eigenvalue weighted by molar-refractivity contribution is 0.0953. The van der Waals surface area contributed by atoms with Crippen LogP contribution in [-0.4, -0.2) is 41.6 Å². The van der Waals surface area contributed by atoms with Crippen LogP contribution < -0.4 is 5.73 Å². The molecule has 0 fully saturated rings. The molecule has 0 aliphatic rings. The average molecular weight is 273 g/mol. The number of nitrogens with two attached hydrogens (primary N) is 1. The second-order valence-corrected chi connectivity index (χ2v) is 5.35. The van der Waals surface area contributed by atoms with Crippen molar-refractivity contribution < 1.29 is 23.4 Å². The summed E-state index contributed by atoms with van der Waals surface area (Å²) < 4.78 is 22.9. The van der Waals surface area contributed by atoms with Crippen LogP contribution in [0, 0.1) is 6.42 Å². The maximum atomic E-state index is 11.4. The van der Waals surface area contributed by atoms with E-state index in [-0.39, 0.29) is 6.42 Å². The first-order valence-corrected chi connectivity index (χ1v) is 6.49. The fourth-order valence-corrected chi connectivity index (χ4v) is 1.85. The van der Waals surface area contributed by atoms with Gasteiger partial charge >= 0.3 is 5.24 Å². The number of aliphatic hydroxyl groups excluding tert-OH is 2. The summed E-state index contributed by atoms with van der Waals surface area (Å²) in [6, 6.07) is 2.67. The average Bonchev–Trinajstić information content (AvgIpc) is 2.36. The molecule has 18 heavy (non-hydrogen) atoms. The summed E-state index contributed by atoms with van der Waals surface area (Å²) in [5.41, 5.74) is 5.20. The zero-order chi connectivity index (χ0) is 13.8. The van der Waals surface area contributed by atoms with Crippen molar-refractivity contribution in [1.29, 1.82) is 0 Å². The molecule has 0 aromatic carbocycles. The Bertz CT molecular complexity index is 529. The number of amides is 1. The van der Waals surface area contributed by atoms with Gasteiger partial charge in [0.1, 0.15) is 0 Å². The van der Waals surface area contributed by atoms with Gasteiger partial charge in [-0.25, -0.2) is 13.4 Å². The third-order valence-electron chi connectivity index (χ3n) is 2.14. The fraction of sp³-hybridized carbons (Fsp3) is 0.300. The Morgan fingerprint density at radius 2 is 2.22 bits per heavy atom. The lowest BCUT2D eigenvalue weighted by atomic mass is 10.1. The standard InChI is InChI=1S/C10H13N2O5S/c11-10(15)18(16,17)9-5-7(3-4-12-9)1-2-8(14)6-13/h1,3-5,8,13-14H,2,6H2,(H2,11,15). The first-order valence-electron chi connectivity index (χ1n) is 5.00. The van der Waals surface area contributed by atoms with Crippen molar-refractivity contribution in [3.8, 4) is 0 Å². The number of nitrogens with zero attached hydrogens (tertiary/aromatic N) is 1. The molecule has 99 valence electrons. The van der Waals surface area contributed by atoms with Crippen LogP contribution in [0.25, 0.3) is 0 Å². The van der Waals surface area contributed by atoms with E-state index in [1.54, 1.807) is 0 Å². The van der Waals surface area contributed by atoms with Crippen LogP contribution >= 0.6 is 0 Å². The minimum Gasteiger partial charge on any atom is -0.394 e. The number of pyridine rings is 1. The van der Waals surface area contributed by atoms with Crippen LogP contribution in [0.5, 0.6) is 0 Å². The summed E-state index contributed by atoms with van der Waals surface area (Å²) >= 11 is 0. The van der Waals surface area contributed by atoms with Crippen molar-refractivity contribution in [3.63, 3.8) is 0 Å². The summed E-state index contributed by atoms with van der Waals surface area (Å²) in [6.07, 6.45) is 1.96. The van der Waals surface area contributed by atoms with E-state index in [4.69, 9.17) is 15.9 Å². The van der Waals surface area contributed by atoms with E-state index in [1.807, 2.05) is 0 Å². The molecular formula is C10H13N2O5S. The van der Waals surface area contributed by atoms with E-state index in [0.29, 0.717) is 5.56 Å². The Kier molecular flexibility index (Phi) is 4.76. The van der Waals surface area contributed by atoms with Crippen molar-refractivity contribution in [3.05, 3.63) is 30.3 Å². The number of carbonyl (C=O) groups is 1. The van der Waals surface area contributed by atoms with E-state index in [9.17, 15) is 13.2 Å². The molecule has 0 saturated carbocycles. The van der Waals surface area contributed by atoms with Crippen molar-refractivity contribution >= 4 is 15.1 Å². The van der Waals surface area contributed by atoms with Crippen LogP contribution in [-0.2, 0) is 9.84 Å². The number of primary amides is 1. The van der Waals surface area contributed by atoms with Crippen LogP contribution in [0.3, 0.4) is 0 Å². The maximum Gasteiger partial charge on any atom is 0.340 e. The zero-order valence-corrected chi connectivity index (χ0v) is 10.2. The molecule has 0 aliphatic carbocycles. The topological polar surface area (TPSA) is 131 Å². The Morgan fingerprint density at radius 1 is 1.56 bits per heavy atom. The number of hydrogen-bond acceptors (Lipinski definition) is 6. The molecule has 0 saturated heterocycles. The van der Waals surface area contributed by atoms with E-state index in [0.717, 1.165) is 0 Å². The maximum absolute atomic E-state index is 11.4. The highest BCUT2D eigenvalue weighted by molar-refractivity contribution is 8.05. The predicted molar refractivity (Wildman–Crippen MR) is 62.1 cm³/mol. The van der Waals surface area contributed by atoms with Crippen molar-refractivity contribution in [2.24, 2.45) is 5.73 Å². The highest BCUT2D eigenvalue weighted by Gasteiger charge is 2.23. The Morgan fingerprint density at radius 3 is 2.78 bits per heavy atom. The lowest BCUT2D eigenvalue weighted by Gasteiger charge is -2.07. The zero-order valence-electron chi connectivity index (χ0n) is 9.35. The van der Waals surface area contributed by atoms with Gasteiger partial charge in [0.25, 0.3) is 9.84 Å². The van der Waals surface area contributed by atoms with Gasteiger partial charge in [-0.15, -0.1) is 0 Å². The minimum atomic E-state index is -4.25. The number of rotatable bonds is 5.